The first-order valence-electron chi connectivity index (χ1n) is 26.4. The van der Waals surface area contributed by atoms with Crippen LogP contribution in [0.4, 0.5) is 0 Å². The summed E-state index contributed by atoms with van der Waals surface area (Å²) in [4.78, 5) is 81.5. The van der Waals surface area contributed by atoms with Gasteiger partial charge in [-0.3, -0.25) is 28.8 Å². The summed E-state index contributed by atoms with van der Waals surface area (Å²) in [5.74, 6) is -2.52. The van der Waals surface area contributed by atoms with Crippen molar-refractivity contribution in [3.63, 3.8) is 0 Å². The molecule has 4 aliphatic rings. The first-order chi connectivity index (χ1) is 33.9. The zero-order valence-electron chi connectivity index (χ0n) is 43.2. The Kier molecular flexibility index (Phi) is 21.9. The highest BCUT2D eigenvalue weighted by Crippen LogP contribution is 2.65. The second-order valence-corrected chi connectivity index (χ2v) is 20.8. The van der Waals surface area contributed by atoms with Crippen molar-refractivity contribution in [2.45, 2.75) is 180 Å². The van der Waals surface area contributed by atoms with Gasteiger partial charge in [-0.25, -0.2) is 0 Å². The van der Waals surface area contributed by atoms with Gasteiger partial charge >= 0.3 is 7.12 Å². The molecule has 2 aromatic carbocycles. The molecule has 2 aromatic rings. The fourth-order valence-corrected chi connectivity index (χ4v) is 10.5. The third-order valence-corrected chi connectivity index (χ3v) is 15.1. The minimum absolute atomic E-state index is 0.0318. The molecule has 1 aliphatic heterocycles. The van der Waals surface area contributed by atoms with Crippen molar-refractivity contribution in [3.8, 4) is 11.1 Å². The van der Waals surface area contributed by atoms with E-state index in [1.54, 1.807) is 12.1 Å². The molecule has 12 N–H and O–H groups in total. The lowest BCUT2D eigenvalue weighted by atomic mass is 9.43. The van der Waals surface area contributed by atoms with Crippen LogP contribution in [0.3, 0.4) is 0 Å². The van der Waals surface area contributed by atoms with E-state index in [1.165, 1.54) is 12.5 Å². The number of aryl methyl sites for hydroxylation is 1. The molecular weight excluding hydrogens is 901 g/mol. The summed E-state index contributed by atoms with van der Waals surface area (Å²) in [5.41, 5.74) is 20.8. The second kappa shape index (κ2) is 27.3. The van der Waals surface area contributed by atoms with Gasteiger partial charge in [0.2, 0.25) is 29.5 Å². The maximum absolute atomic E-state index is 13.9. The molecule has 0 spiro atoms. The van der Waals surface area contributed by atoms with E-state index < -0.39 is 72.4 Å². The summed E-state index contributed by atoms with van der Waals surface area (Å²) in [6.07, 6.45) is 9.46. The summed E-state index contributed by atoms with van der Waals surface area (Å²) >= 11 is 0. The first kappa shape index (κ1) is 57.0. The van der Waals surface area contributed by atoms with Gasteiger partial charge < -0.3 is 58.4 Å². The van der Waals surface area contributed by atoms with Crippen LogP contribution in [0.2, 0.25) is 0 Å². The van der Waals surface area contributed by atoms with Crippen LogP contribution >= 0.6 is 0 Å². The number of hydrogen-bond donors (Lipinski definition) is 9. The summed E-state index contributed by atoms with van der Waals surface area (Å²) < 4.78 is 13.0. The lowest BCUT2D eigenvalue weighted by Crippen LogP contribution is -2.65. The maximum Gasteiger partial charge on any atom is 0.481 e. The molecule has 3 saturated carbocycles. The van der Waals surface area contributed by atoms with E-state index in [0.29, 0.717) is 82.0 Å². The molecule has 3 aliphatic carbocycles. The minimum atomic E-state index is -1.08. The topological polar surface area (TPSA) is 271 Å². The van der Waals surface area contributed by atoms with Crippen molar-refractivity contribution in [1.29, 1.82) is 0 Å². The summed E-state index contributed by atoms with van der Waals surface area (Å²) in [6.45, 7) is 13.4. The third-order valence-electron chi connectivity index (χ3n) is 15.1. The molecule has 4 fully saturated rings. The molecular formula is C53H84BN9O8. The van der Waals surface area contributed by atoms with Crippen LogP contribution in [-0.2, 0) is 39.7 Å². The van der Waals surface area contributed by atoms with Crippen molar-refractivity contribution >= 4 is 42.6 Å². The summed E-state index contributed by atoms with van der Waals surface area (Å²) in [5, 5.41) is 17.0. The van der Waals surface area contributed by atoms with Crippen molar-refractivity contribution in [2.24, 2.45) is 34.5 Å². The number of carbonyl (C=O) groups is 6. The molecule has 1 heterocycles. The van der Waals surface area contributed by atoms with Gasteiger partial charge in [-0.15, -0.1) is 0 Å². The predicted octanol–water partition coefficient (Wildman–Crippen LogP) is 3.93. The van der Waals surface area contributed by atoms with Gasteiger partial charge in [0.25, 0.3) is 5.91 Å². The van der Waals surface area contributed by atoms with Crippen LogP contribution in [0.5, 0.6) is 0 Å². The van der Waals surface area contributed by atoms with E-state index in [4.69, 9.17) is 26.5 Å². The Labute approximate surface area is 422 Å². The number of carbonyl (C=O) groups excluding carboxylic acids is 6. The van der Waals surface area contributed by atoms with Crippen molar-refractivity contribution < 1.29 is 38.1 Å². The molecule has 71 heavy (non-hydrogen) atoms. The maximum atomic E-state index is 13.9. The highest BCUT2D eigenvalue weighted by Gasteiger charge is 2.68. The first-order valence-corrected chi connectivity index (χ1v) is 26.4. The van der Waals surface area contributed by atoms with Gasteiger partial charge in [0, 0.05) is 18.5 Å². The SMILES string of the molecule is CCCCc1ccc(-c2ccc(C(=O)NCCC(=O)N[C@@H](CCCCN)C(=O)N[C@@H](CCCCN)C(=O)N[C@@H](C)C(=O)N[C@@H](CCCCN)C(=O)N[C@@H](C)B3O[C@@H]4C[C@@H]5C[C@@H](C5(C)C)[C@]4(C)O3)cc2)cc1. The smallest absolute Gasteiger partial charge is 0.404 e. The molecule has 9 atom stereocenters. The van der Waals surface area contributed by atoms with E-state index in [2.05, 4.69) is 83.9 Å². The Balaban J connectivity index is 1.13. The number of amides is 6. The fourth-order valence-electron chi connectivity index (χ4n) is 10.5. The Hall–Kier alpha value is -4.88. The Morgan fingerprint density at radius 3 is 1.73 bits per heavy atom. The minimum Gasteiger partial charge on any atom is -0.404 e. The zero-order chi connectivity index (χ0) is 51.7. The van der Waals surface area contributed by atoms with Crippen molar-refractivity contribution in [2.75, 3.05) is 26.2 Å². The number of rotatable bonds is 30. The Morgan fingerprint density at radius 2 is 1.18 bits per heavy atom. The zero-order valence-corrected chi connectivity index (χ0v) is 43.2. The molecule has 6 rings (SSSR count). The number of nitrogens with one attached hydrogen (secondary N) is 6. The molecule has 0 radical (unpaired) electrons. The highest BCUT2D eigenvalue weighted by molar-refractivity contribution is 6.47. The van der Waals surface area contributed by atoms with Gasteiger partial charge in [-0.2, -0.15) is 0 Å². The number of unbranched alkanes of at least 4 members (excludes halogenated alkanes) is 4. The molecule has 1 saturated heterocycles. The standard InChI is InChI=1S/C53H84BN9O8/c1-7-8-15-36-19-21-37(22-20-36)38-23-25-39(26-24-38)48(66)58-31-27-46(64)61-41(16-9-12-28-55)51(69)63-42(17-10-13-29-56)49(67)59-34(2)47(65)62-43(18-11-14-30-57)50(68)60-35(3)54-70-45-33-40-32-44(52(40,4)5)53(45,6)71-54/h19-26,34-35,40-45H,7-18,27-33,55-57H2,1-6H3,(H,58,66)(H,59,67)(H,60,68)(H,61,64)(H,62,65)(H,63,69)/t34-,35-,40-,41-,42-,43-,44-,45+,53-/m0/s1. The Bertz CT molecular complexity index is 2080. The quantitative estimate of drug-likeness (QED) is 0.0400. The average molecular weight is 986 g/mol. The van der Waals surface area contributed by atoms with Gasteiger partial charge in [0.15, 0.2) is 0 Å². The molecule has 2 bridgehead atoms. The predicted molar refractivity (Wildman–Crippen MR) is 277 cm³/mol. The molecule has 18 heteroatoms. The average Bonchev–Trinajstić information content (AvgIpc) is 3.72. The van der Waals surface area contributed by atoms with Crippen LogP contribution in [0.15, 0.2) is 48.5 Å². The second-order valence-electron chi connectivity index (χ2n) is 20.8. The molecule has 0 aromatic heterocycles. The molecule has 6 amide bonds. The Morgan fingerprint density at radius 1 is 0.662 bits per heavy atom. The number of hydrogen-bond acceptors (Lipinski definition) is 11. The fraction of sp³-hybridized carbons (Fsp3) is 0.660. The summed E-state index contributed by atoms with van der Waals surface area (Å²) in [6, 6.07) is 11.7. The molecule has 0 unspecified atom stereocenters. The lowest BCUT2D eigenvalue weighted by molar-refractivity contribution is -0.199. The van der Waals surface area contributed by atoms with E-state index >= 15 is 0 Å². The van der Waals surface area contributed by atoms with Gasteiger partial charge in [0.05, 0.1) is 17.6 Å². The third kappa shape index (κ3) is 15.6. The van der Waals surface area contributed by atoms with Gasteiger partial charge in [-0.05, 0) is 170 Å². The van der Waals surface area contributed by atoms with Crippen molar-refractivity contribution in [1.82, 2.24) is 31.9 Å². The van der Waals surface area contributed by atoms with Crippen LogP contribution < -0.4 is 49.1 Å². The van der Waals surface area contributed by atoms with E-state index in [1.807, 2.05) is 19.1 Å². The van der Waals surface area contributed by atoms with Crippen molar-refractivity contribution in [3.05, 3.63) is 59.7 Å². The normalized spacial score (nSPS) is 21.8. The van der Waals surface area contributed by atoms with Crippen LogP contribution in [0, 0.1) is 17.3 Å². The number of benzene rings is 2. The highest BCUT2D eigenvalue weighted by atomic mass is 16.7. The van der Waals surface area contributed by atoms with Crippen LogP contribution in [0.1, 0.15) is 147 Å². The van der Waals surface area contributed by atoms with Crippen LogP contribution in [0.25, 0.3) is 11.1 Å². The van der Waals surface area contributed by atoms with Crippen LogP contribution in [-0.4, -0.2) is 111 Å². The summed E-state index contributed by atoms with van der Waals surface area (Å²) in [7, 11) is -0.644. The van der Waals surface area contributed by atoms with E-state index in [-0.39, 0.29) is 43.2 Å². The largest absolute Gasteiger partial charge is 0.481 e. The van der Waals surface area contributed by atoms with E-state index in [0.717, 1.165) is 43.2 Å². The monoisotopic (exact) mass is 986 g/mol. The lowest BCUT2D eigenvalue weighted by Gasteiger charge is -2.64. The molecule has 17 nitrogen and oxygen atoms in total. The molecule has 392 valence electrons. The van der Waals surface area contributed by atoms with Gasteiger partial charge in [-0.1, -0.05) is 63.6 Å². The van der Waals surface area contributed by atoms with E-state index in [9.17, 15) is 28.8 Å². The van der Waals surface area contributed by atoms with Gasteiger partial charge in [0.1, 0.15) is 24.2 Å². The number of nitrogens with two attached hydrogens (primary N) is 3.